The average molecular weight is 397 g/mol. The maximum Gasteiger partial charge on any atom is 0.408 e. The molecule has 29 heavy (non-hydrogen) atoms. The molecule has 8 heteroatoms. The Morgan fingerprint density at radius 3 is 2.86 bits per heavy atom. The summed E-state index contributed by atoms with van der Waals surface area (Å²) in [5.74, 6) is -0.472. The van der Waals surface area contributed by atoms with E-state index in [1.54, 1.807) is 24.1 Å². The van der Waals surface area contributed by atoms with Crippen molar-refractivity contribution in [2.24, 2.45) is 13.0 Å². The minimum absolute atomic E-state index is 0.135. The molecule has 0 aromatic carbocycles. The van der Waals surface area contributed by atoms with E-state index in [-0.39, 0.29) is 17.9 Å². The number of carbonyl (C=O) groups excluding carboxylic acids is 2. The summed E-state index contributed by atoms with van der Waals surface area (Å²) >= 11 is 0. The molecule has 2 N–H and O–H groups in total. The van der Waals surface area contributed by atoms with Gasteiger partial charge in [0.2, 0.25) is 5.91 Å². The summed E-state index contributed by atoms with van der Waals surface area (Å²) < 4.78 is 7.09. The van der Waals surface area contributed by atoms with Gasteiger partial charge < -0.3 is 15.4 Å². The zero-order valence-electron chi connectivity index (χ0n) is 17.4. The van der Waals surface area contributed by atoms with Crippen LogP contribution in [0.4, 0.5) is 10.5 Å². The third-order valence-corrected chi connectivity index (χ3v) is 4.53. The van der Waals surface area contributed by atoms with Crippen molar-refractivity contribution in [1.82, 2.24) is 20.1 Å². The van der Waals surface area contributed by atoms with Crippen molar-refractivity contribution < 1.29 is 14.3 Å². The number of ether oxygens (including phenoxy) is 1. The van der Waals surface area contributed by atoms with E-state index in [0.717, 1.165) is 5.56 Å². The lowest BCUT2D eigenvalue weighted by molar-refractivity contribution is -0.118. The fourth-order valence-electron chi connectivity index (χ4n) is 3.11. The molecule has 2 atom stereocenters. The second-order valence-corrected chi connectivity index (χ2v) is 8.15. The molecule has 0 radical (unpaired) electrons. The molecular formula is C21H27N5O3. The lowest BCUT2D eigenvalue weighted by atomic mass is 10.0. The van der Waals surface area contributed by atoms with Crippen molar-refractivity contribution >= 4 is 17.7 Å². The topological polar surface area (TPSA) is 98.1 Å². The van der Waals surface area contributed by atoms with Crippen LogP contribution in [-0.2, 0) is 16.6 Å². The highest BCUT2D eigenvalue weighted by Gasteiger charge is 2.23. The fourth-order valence-corrected chi connectivity index (χ4v) is 3.11. The normalized spacial score (nSPS) is 20.5. The third kappa shape index (κ3) is 5.01. The largest absolute Gasteiger partial charge is 0.444 e. The molecule has 0 saturated heterocycles. The highest BCUT2D eigenvalue weighted by molar-refractivity contribution is 5.96. The molecule has 154 valence electrons. The number of anilines is 1. The maximum absolute atomic E-state index is 12.5. The van der Waals surface area contributed by atoms with Gasteiger partial charge in [0.1, 0.15) is 11.3 Å². The quantitative estimate of drug-likeness (QED) is 0.717. The number of carbonyl (C=O) groups is 2. The van der Waals surface area contributed by atoms with E-state index >= 15 is 0 Å². The molecule has 3 rings (SSSR count). The van der Waals surface area contributed by atoms with Crippen molar-refractivity contribution in [2.75, 3.05) is 5.32 Å². The number of pyridine rings is 1. The molecule has 0 aliphatic carbocycles. The Labute approximate surface area is 170 Å². The number of rotatable bonds is 1. The van der Waals surface area contributed by atoms with Gasteiger partial charge in [-0.15, -0.1) is 0 Å². The van der Waals surface area contributed by atoms with Gasteiger partial charge in [-0.2, -0.15) is 5.10 Å². The predicted octanol–water partition coefficient (Wildman–Crippen LogP) is 3.58. The predicted molar refractivity (Wildman–Crippen MR) is 110 cm³/mol. The van der Waals surface area contributed by atoms with Crippen molar-refractivity contribution in [3.05, 3.63) is 42.2 Å². The van der Waals surface area contributed by atoms with Gasteiger partial charge in [-0.05, 0) is 44.9 Å². The summed E-state index contributed by atoms with van der Waals surface area (Å²) in [5.41, 5.74) is 2.25. The highest BCUT2D eigenvalue weighted by Crippen LogP contribution is 2.29. The van der Waals surface area contributed by atoms with Crippen molar-refractivity contribution in [1.29, 1.82) is 0 Å². The number of alkyl carbamates (subject to hydrolysis) is 1. The Morgan fingerprint density at radius 1 is 1.38 bits per heavy atom. The molecule has 0 fully saturated rings. The summed E-state index contributed by atoms with van der Waals surface area (Å²) in [6, 6.07) is 3.44. The number of aromatic nitrogens is 3. The summed E-state index contributed by atoms with van der Waals surface area (Å²) in [6.45, 7) is 7.29. The number of aryl methyl sites for hydroxylation is 1. The Morgan fingerprint density at radius 2 is 2.14 bits per heavy atom. The number of nitrogens with one attached hydrogen (secondary N) is 2. The van der Waals surface area contributed by atoms with Gasteiger partial charge in [0, 0.05) is 13.2 Å². The van der Waals surface area contributed by atoms with Crippen LogP contribution >= 0.6 is 0 Å². The minimum Gasteiger partial charge on any atom is -0.444 e. The van der Waals surface area contributed by atoms with Crippen LogP contribution in [0.5, 0.6) is 0 Å². The summed E-state index contributed by atoms with van der Waals surface area (Å²) in [4.78, 5) is 29.4. The monoisotopic (exact) mass is 397 g/mol. The van der Waals surface area contributed by atoms with E-state index in [9.17, 15) is 9.59 Å². The summed E-state index contributed by atoms with van der Waals surface area (Å²) in [6.07, 6.45) is 7.05. The van der Waals surface area contributed by atoms with Crippen LogP contribution in [0.3, 0.4) is 0 Å². The van der Waals surface area contributed by atoms with Gasteiger partial charge in [-0.3, -0.25) is 14.5 Å². The highest BCUT2D eigenvalue weighted by atomic mass is 16.6. The number of hydrogen-bond donors (Lipinski definition) is 2. The minimum atomic E-state index is -0.592. The average Bonchev–Trinajstić information content (AvgIpc) is 2.98. The van der Waals surface area contributed by atoms with Gasteiger partial charge >= 0.3 is 6.09 Å². The van der Waals surface area contributed by atoms with E-state index in [0.29, 0.717) is 23.5 Å². The van der Waals surface area contributed by atoms with Crippen LogP contribution in [0.1, 0.15) is 45.7 Å². The van der Waals surface area contributed by atoms with Gasteiger partial charge in [-0.25, -0.2) is 4.79 Å². The first-order valence-corrected chi connectivity index (χ1v) is 9.59. The van der Waals surface area contributed by atoms with Gasteiger partial charge in [-0.1, -0.05) is 19.1 Å². The first-order chi connectivity index (χ1) is 13.6. The molecule has 2 bridgehead atoms. The molecule has 2 amide bonds. The first-order valence-electron chi connectivity index (χ1n) is 9.59. The number of nitrogens with zero attached hydrogens (tertiary/aromatic N) is 3. The zero-order chi connectivity index (χ0) is 21.2. The zero-order valence-corrected chi connectivity index (χ0v) is 17.4. The Kier molecular flexibility index (Phi) is 5.72. The Balaban J connectivity index is 2.02. The molecule has 0 spiro atoms. The number of hydrogen-bond acceptors (Lipinski definition) is 5. The Bertz CT molecular complexity index is 942. The van der Waals surface area contributed by atoms with E-state index < -0.39 is 11.7 Å². The molecule has 1 aliphatic heterocycles. The van der Waals surface area contributed by atoms with Gasteiger partial charge in [0.25, 0.3) is 0 Å². The Hall–Kier alpha value is -3.16. The summed E-state index contributed by atoms with van der Waals surface area (Å²) in [5, 5.41) is 10.1. The second-order valence-electron chi connectivity index (χ2n) is 8.15. The van der Waals surface area contributed by atoms with Gasteiger partial charge in [0.15, 0.2) is 0 Å². The van der Waals surface area contributed by atoms with Gasteiger partial charge in [0.05, 0.1) is 29.5 Å². The molecular weight excluding hydrogens is 370 g/mol. The molecule has 0 unspecified atom stereocenters. The molecule has 8 nitrogen and oxygen atoms in total. The van der Waals surface area contributed by atoms with Crippen LogP contribution < -0.4 is 10.6 Å². The van der Waals surface area contributed by atoms with Crippen molar-refractivity contribution in [3.8, 4) is 11.4 Å². The molecule has 2 aromatic rings. The molecule has 1 aliphatic rings. The molecule has 2 aromatic heterocycles. The fraction of sp³-hybridized carbons (Fsp3) is 0.429. The van der Waals surface area contributed by atoms with Crippen LogP contribution in [0.25, 0.3) is 11.4 Å². The lowest BCUT2D eigenvalue weighted by Crippen LogP contribution is -2.35. The van der Waals surface area contributed by atoms with Crippen LogP contribution in [0, 0.1) is 5.92 Å². The van der Waals surface area contributed by atoms with E-state index in [4.69, 9.17) is 4.74 Å². The standard InChI is InChI=1S/C21H27N5O3/c1-13-7-6-8-15(25-20(28)29-21(2,3)4)14-9-10-22-16(11-14)18-17(24-19(13)27)12-23-26(18)5/h6-7,9-13,15H,8H2,1-5H3,(H,24,27)(H,25,28)/b7-6-/t13-,15+/m1/s1. The van der Waals surface area contributed by atoms with E-state index in [2.05, 4.69) is 20.7 Å². The lowest BCUT2D eigenvalue weighted by Gasteiger charge is -2.24. The SMILES string of the molecule is C[C@@H]1/C=C\C[C@H](NC(=O)OC(C)(C)C)c2ccnc(c2)-c2c(cnn2C)NC1=O. The number of fused-ring (bicyclic) bond motifs is 4. The summed E-state index contributed by atoms with van der Waals surface area (Å²) in [7, 11) is 1.80. The van der Waals surface area contributed by atoms with E-state index in [1.165, 1.54) is 0 Å². The van der Waals surface area contributed by atoms with Crippen molar-refractivity contribution in [3.63, 3.8) is 0 Å². The first kappa shape index (κ1) is 20.6. The smallest absolute Gasteiger partial charge is 0.408 e. The second kappa shape index (κ2) is 8.06. The maximum atomic E-state index is 12.5. The number of amides is 2. The van der Waals surface area contributed by atoms with Crippen molar-refractivity contribution in [2.45, 2.75) is 45.8 Å². The van der Waals surface area contributed by atoms with Crippen LogP contribution in [0.2, 0.25) is 0 Å². The van der Waals surface area contributed by atoms with Crippen LogP contribution in [-0.4, -0.2) is 32.4 Å². The molecule has 0 saturated carbocycles. The third-order valence-electron chi connectivity index (χ3n) is 4.53. The van der Waals surface area contributed by atoms with Crippen LogP contribution in [0.15, 0.2) is 36.7 Å². The van der Waals surface area contributed by atoms with E-state index in [1.807, 2.05) is 52.0 Å². The molecule has 3 heterocycles.